The van der Waals surface area contributed by atoms with E-state index in [4.69, 9.17) is 21.1 Å². The summed E-state index contributed by atoms with van der Waals surface area (Å²) in [7, 11) is -2.65. The number of nitrogens with one attached hydrogen (secondary N) is 2. The number of sulfonamides is 1. The molecule has 0 aliphatic rings. The Balaban J connectivity index is 1.81. The van der Waals surface area contributed by atoms with Crippen LogP contribution in [-0.2, 0) is 10.0 Å². The first-order valence-corrected chi connectivity index (χ1v) is 14.1. The molecule has 0 aliphatic carbocycles. The van der Waals surface area contributed by atoms with Gasteiger partial charge < -0.3 is 19.9 Å². The number of rotatable bonds is 10. The van der Waals surface area contributed by atoms with Gasteiger partial charge in [-0.05, 0) is 75.4 Å². The number of hydrogen-bond acceptors (Lipinski definition) is 7. The van der Waals surface area contributed by atoms with E-state index in [0.717, 1.165) is 0 Å². The number of amides is 1. The fourth-order valence-electron chi connectivity index (χ4n) is 3.90. The number of methoxy groups -OCH3 is 1. The molecule has 13 heteroatoms. The number of hydrogen-bond donors (Lipinski definition) is 3. The minimum absolute atomic E-state index is 0.0126. The number of ether oxygens (including phenoxy) is 2. The molecule has 0 aliphatic heterocycles. The summed E-state index contributed by atoms with van der Waals surface area (Å²) in [5.41, 5.74) is 0.718. The minimum atomic E-state index is -4.17. The van der Waals surface area contributed by atoms with Crippen molar-refractivity contribution in [1.29, 1.82) is 0 Å². The van der Waals surface area contributed by atoms with E-state index in [9.17, 15) is 23.1 Å². The maximum Gasteiger partial charge on any atom is 0.356 e. The molecular formula is C28H27ClN4O7S. The molecule has 41 heavy (non-hydrogen) atoms. The number of carbonyl (C=O) groups excluding carboxylic acids is 1. The van der Waals surface area contributed by atoms with Gasteiger partial charge in [0.05, 0.1) is 23.4 Å². The summed E-state index contributed by atoms with van der Waals surface area (Å²) in [4.78, 5) is 24.5. The van der Waals surface area contributed by atoms with Crippen molar-refractivity contribution in [3.63, 3.8) is 0 Å². The number of aromatic nitrogens is 2. The van der Waals surface area contributed by atoms with Gasteiger partial charge in [0.15, 0.2) is 5.69 Å². The van der Waals surface area contributed by atoms with Crippen LogP contribution >= 0.6 is 11.6 Å². The second-order valence-corrected chi connectivity index (χ2v) is 11.3. The van der Waals surface area contributed by atoms with Crippen LogP contribution in [0.15, 0.2) is 71.6 Å². The molecule has 1 aromatic heterocycles. The molecule has 0 saturated heterocycles. The third-order valence-corrected chi connectivity index (χ3v) is 7.80. The molecule has 1 amide bonds. The van der Waals surface area contributed by atoms with E-state index >= 15 is 0 Å². The zero-order valence-corrected chi connectivity index (χ0v) is 24.1. The number of carbonyl (C=O) groups is 2. The first-order valence-electron chi connectivity index (χ1n) is 12.3. The topological polar surface area (TPSA) is 149 Å². The van der Waals surface area contributed by atoms with E-state index in [2.05, 4.69) is 15.1 Å². The monoisotopic (exact) mass is 598 g/mol. The van der Waals surface area contributed by atoms with Crippen LogP contribution in [0.1, 0.15) is 40.3 Å². The Morgan fingerprint density at radius 3 is 2.34 bits per heavy atom. The first-order chi connectivity index (χ1) is 19.4. The molecule has 0 fully saturated rings. The number of carboxylic acids is 1. The quantitative estimate of drug-likeness (QED) is 0.223. The van der Waals surface area contributed by atoms with Gasteiger partial charge in [-0.25, -0.2) is 17.9 Å². The zero-order chi connectivity index (χ0) is 29.9. The Hall–Kier alpha value is -4.39. The van der Waals surface area contributed by atoms with Gasteiger partial charge in [-0.1, -0.05) is 23.7 Å². The molecule has 0 spiro atoms. The van der Waals surface area contributed by atoms with Crippen molar-refractivity contribution in [2.24, 2.45) is 0 Å². The van der Waals surface area contributed by atoms with Gasteiger partial charge in [0, 0.05) is 17.3 Å². The number of benzene rings is 3. The van der Waals surface area contributed by atoms with Crippen LogP contribution in [0.25, 0.3) is 5.69 Å². The molecule has 214 valence electrons. The van der Waals surface area contributed by atoms with Crippen molar-refractivity contribution < 1.29 is 32.6 Å². The maximum atomic E-state index is 13.4. The lowest BCUT2D eigenvalue weighted by Gasteiger charge is -2.17. The van der Waals surface area contributed by atoms with E-state index in [0.29, 0.717) is 11.4 Å². The molecular weight excluding hydrogens is 572 g/mol. The van der Waals surface area contributed by atoms with Gasteiger partial charge in [0.1, 0.15) is 16.4 Å². The summed E-state index contributed by atoms with van der Waals surface area (Å²) in [6.07, 6.45) is 0. The third-order valence-electron chi connectivity index (χ3n) is 5.80. The molecule has 0 atom stereocenters. The molecule has 11 nitrogen and oxygen atoms in total. The Morgan fingerprint density at radius 2 is 1.73 bits per heavy atom. The largest absolute Gasteiger partial charge is 0.497 e. The highest BCUT2D eigenvalue weighted by Crippen LogP contribution is 2.36. The standard InChI is InChI=1S/C28H27ClN4O7S/c1-16(2)32-41(37,38)24-15-18(30-26(34)21-7-5-6-8-22(21)29)9-14-23(24)40-27-17(3)25(28(35)36)31-33(27)19-10-12-20(39-4)13-11-19/h5-16,32H,1-4H3,(H,30,34)(H,35,36). The average molecular weight is 599 g/mol. The summed E-state index contributed by atoms with van der Waals surface area (Å²) >= 11 is 6.14. The lowest BCUT2D eigenvalue weighted by molar-refractivity contribution is 0.0689. The zero-order valence-electron chi connectivity index (χ0n) is 22.5. The van der Waals surface area contributed by atoms with Crippen LogP contribution < -0.4 is 19.5 Å². The summed E-state index contributed by atoms with van der Waals surface area (Å²) < 4.78 is 41.8. The Labute approximate surface area is 241 Å². The van der Waals surface area contributed by atoms with E-state index in [1.807, 2.05) is 0 Å². The highest BCUT2D eigenvalue weighted by molar-refractivity contribution is 7.89. The normalized spacial score (nSPS) is 11.4. The highest BCUT2D eigenvalue weighted by atomic mass is 35.5. The van der Waals surface area contributed by atoms with Gasteiger partial charge in [-0.3, -0.25) is 4.79 Å². The van der Waals surface area contributed by atoms with E-state index < -0.39 is 27.9 Å². The fourth-order valence-corrected chi connectivity index (χ4v) is 5.53. The highest BCUT2D eigenvalue weighted by Gasteiger charge is 2.27. The Morgan fingerprint density at radius 1 is 1.05 bits per heavy atom. The number of aromatic carboxylic acids is 1. The summed E-state index contributed by atoms with van der Waals surface area (Å²) in [6.45, 7) is 4.82. The molecule has 0 bridgehead atoms. The lowest BCUT2D eigenvalue weighted by atomic mass is 10.2. The van der Waals surface area contributed by atoms with E-state index in [-0.39, 0.29) is 44.1 Å². The van der Waals surface area contributed by atoms with Gasteiger partial charge in [0.2, 0.25) is 15.9 Å². The average Bonchev–Trinajstić information content (AvgIpc) is 3.25. The van der Waals surface area contributed by atoms with Crippen LogP contribution in [0.4, 0.5) is 5.69 Å². The molecule has 0 saturated carbocycles. The molecule has 0 radical (unpaired) electrons. The SMILES string of the molecule is COc1ccc(-n2nc(C(=O)O)c(C)c2Oc2ccc(NC(=O)c3ccccc3Cl)cc2S(=O)(=O)NC(C)C)cc1. The predicted octanol–water partition coefficient (Wildman–Crippen LogP) is 5.27. The molecule has 1 heterocycles. The van der Waals surface area contributed by atoms with E-state index in [1.54, 1.807) is 56.3 Å². The van der Waals surface area contributed by atoms with Crippen LogP contribution in [-0.4, -0.2) is 48.3 Å². The lowest BCUT2D eigenvalue weighted by Crippen LogP contribution is -2.30. The second kappa shape index (κ2) is 12.0. The van der Waals surface area contributed by atoms with E-state index in [1.165, 1.54) is 43.0 Å². The van der Waals surface area contributed by atoms with Crippen LogP contribution in [0.5, 0.6) is 17.4 Å². The van der Waals surface area contributed by atoms with Gasteiger partial charge in [-0.2, -0.15) is 9.78 Å². The maximum absolute atomic E-state index is 13.4. The Bertz CT molecular complexity index is 1720. The van der Waals surface area contributed by atoms with Gasteiger partial charge in [0.25, 0.3) is 5.91 Å². The van der Waals surface area contributed by atoms with Crippen LogP contribution in [0.3, 0.4) is 0 Å². The number of carboxylic acid groups (broad SMARTS) is 1. The Kier molecular flexibility index (Phi) is 8.66. The first kappa shape index (κ1) is 29.6. The van der Waals surface area contributed by atoms with Crippen molar-refractivity contribution in [3.05, 3.63) is 88.6 Å². The van der Waals surface area contributed by atoms with Gasteiger partial charge in [-0.15, -0.1) is 0 Å². The third kappa shape index (κ3) is 6.51. The summed E-state index contributed by atoms with van der Waals surface area (Å²) in [5.74, 6) is -1.39. The molecule has 4 rings (SSSR count). The van der Waals surface area contributed by atoms with Crippen molar-refractivity contribution in [2.45, 2.75) is 31.7 Å². The molecule has 0 unspecified atom stereocenters. The van der Waals surface area contributed by atoms with Crippen LogP contribution in [0, 0.1) is 6.92 Å². The van der Waals surface area contributed by atoms with Crippen molar-refractivity contribution in [1.82, 2.24) is 14.5 Å². The van der Waals surface area contributed by atoms with Crippen molar-refractivity contribution in [2.75, 3.05) is 12.4 Å². The molecule has 3 aromatic carbocycles. The summed E-state index contributed by atoms with van der Waals surface area (Å²) in [5, 5.41) is 16.8. The number of nitrogens with zero attached hydrogens (tertiary/aromatic N) is 2. The predicted molar refractivity (Wildman–Crippen MR) is 153 cm³/mol. The number of halogens is 1. The van der Waals surface area contributed by atoms with Crippen LogP contribution in [0.2, 0.25) is 5.02 Å². The van der Waals surface area contributed by atoms with Crippen molar-refractivity contribution >= 4 is 39.2 Å². The smallest absolute Gasteiger partial charge is 0.356 e. The fraction of sp³-hybridized carbons (Fsp3) is 0.179. The van der Waals surface area contributed by atoms with Gasteiger partial charge >= 0.3 is 5.97 Å². The molecule has 4 aromatic rings. The molecule has 3 N–H and O–H groups in total. The summed E-state index contributed by atoms with van der Waals surface area (Å²) in [6, 6.07) is 16.7. The number of anilines is 1. The van der Waals surface area contributed by atoms with Crippen molar-refractivity contribution in [3.8, 4) is 23.1 Å². The second-order valence-electron chi connectivity index (χ2n) is 9.17. The minimum Gasteiger partial charge on any atom is -0.497 e.